The minimum Gasteiger partial charge on any atom is -0.478 e. The molecule has 20 heavy (non-hydrogen) atoms. The second kappa shape index (κ2) is 5.51. The Morgan fingerprint density at radius 3 is 2.80 bits per heavy atom. The first-order valence-electron chi connectivity index (χ1n) is 6.02. The number of nitrogens with two attached hydrogens (primary N) is 1. The zero-order valence-electron chi connectivity index (χ0n) is 10.9. The number of rotatable bonds is 3. The van der Waals surface area contributed by atoms with Crippen LogP contribution >= 0.6 is 15.9 Å². The molecule has 0 saturated carbocycles. The first kappa shape index (κ1) is 15.0. The number of aromatic carboxylic acids is 1. The van der Waals surface area contributed by atoms with Gasteiger partial charge in [0.15, 0.2) is 0 Å². The van der Waals surface area contributed by atoms with Crippen molar-refractivity contribution in [2.75, 3.05) is 18.5 Å². The number of hydrogen-bond donors (Lipinski definition) is 3. The number of amides is 1. The molecule has 1 amide bonds. The number of carboxylic acid groups (broad SMARTS) is 1. The lowest BCUT2D eigenvalue weighted by Gasteiger charge is -2.25. The monoisotopic (exact) mass is 342 g/mol. The van der Waals surface area contributed by atoms with Gasteiger partial charge in [-0.3, -0.25) is 4.79 Å². The van der Waals surface area contributed by atoms with Crippen LogP contribution in [0.4, 0.5) is 5.69 Å². The summed E-state index contributed by atoms with van der Waals surface area (Å²) in [4.78, 5) is 23.3. The van der Waals surface area contributed by atoms with Crippen molar-refractivity contribution in [1.29, 1.82) is 0 Å². The molecule has 2 rings (SSSR count). The van der Waals surface area contributed by atoms with Crippen LogP contribution in [0.1, 0.15) is 17.3 Å². The maximum absolute atomic E-state index is 12.3. The number of nitrogens with one attached hydrogen (secondary N) is 1. The average molecular weight is 343 g/mol. The Morgan fingerprint density at radius 1 is 1.55 bits per heavy atom. The van der Waals surface area contributed by atoms with Crippen LogP contribution in [0.25, 0.3) is 0 Å². The lowest BCUT2D eigenvalue weighted by atomic mass is 9.85. The Labute approximate surface area is 124 Å². The van der Waals surface area contributed by atoms with Crippen LogP contribution in [0.2, 0.25) is 0 Å². The van der Waals surface area contributed by atoms with Gasteiger partial charge in [-0.15, -0.1) is 0 Å². The molecule has 0 aliphatic carbocycles. The van der Waals surface area contributed by atoms with E-state index in [1.807, 2.05) is 0 Å². The van der Waals surface area contributed by atoms with Gasteiger partial charge in [0.1, 0.15) is 0 Å². The van der Waals surface area contributed by atoms with Crippen molar-refractivity contribution in [2.45, 2.75) is 13.0 Å². The Bertz CT molecular complexity index is 563. The summed E-state index contributed by atoms with van der Waals surface area (Å²) < 4.78 is 5.84. The summed E-state index contributed by atoms with van der Waals surface area (Å²) in [5.74, 6) is -1.34. The number of carbonyl (C=O) groups is 2. The van der Waals surface area contributed by atoms with Gasteiger partial charge in [-0.25, -0.2) is 4.79 Å². The molecule has 0 bridgehead atoms. The van der Waals surface area contributed by atoms with Crippen LogP contribution in [0, 0.1) is 5.41 Å². The van der Waals surface area contributed by atoms with Gasteiger partial charge in [0.2, 0.25) is 5.91 Å². The molecule has 1 aromatic carbocycles. The molecule has 0 aromatic heterocycles. The molecule has 1 heterocycles. The summed E-state index contributed by atoms with van der Waals surface area (Å²) in [6, 6.07) is 4.04. The van der Waals surface area contributed by atoms with Gasteiger partial charge in [-0.1, -0.05) is 0 Å². The van der Waals surface area contributed by atoms with Crippen molar-refractivity contribution in [3.05, 3.63) is 28.2 Å². The van der Waals surface area contributed by atoms with Crippen LogP contribution in [0.3, 0.4) is 0 Å². The Hall–Kier alpha value is -1.44. The predicted octanol–water partition coefficient (Wildman–Crippen LogP) is 1.45. The summed E-state index contributed by atoms with van der Waals surface area (Å²) in [6.07, 6.45) is 0. The van der Waals surface area contributed by atoms with Gasteiger partial charge in [0.05, 0.1) is 29.9 Å². The molecule has 1 aliphatic rings. The van der Waals surface area contributed by atoms with Crippen molar-refractivity contribution in [3.8, 4) is 0 Å². The van der Waals surface area contributed by atoms with Crippen LogP contribution in [-0.4, -0.2) is 36.2 Å². The largest absolute Gasteiger partial charge is 0.478 e. The number of carboxylic acids is 1. The smallest absolute Gasteiger partial charge is 0.335 e. The van der Waals surface area contributed by atoms with E-state index in [2.05, 4.69) is 21.2 Å². The maximum Gasteiger partial charge on any atom is 0.335 e. The molecule has 1 aromatic rings. The molecular formula is C13H15BrN2O4. The number of ether oxygens (including phenoxy) is 1. The first-order chi connectivity index (χ1) is 9.34. The zero-order chi connectivity index (χ0) is 14.9. The standard InChI is InChI=1S/C13H15BrN2O4/c1-13(6-20-5-10(13)15)12(19)16-9-4-7(11(17)18)2-3-8(9)14/h2-4,10H,5-6,15H2,1H3,(H,16,19)(H,17,18). The number of benzene rings is 1. The van der Waals surface area contributed by atoms with E-state index in [1.54, 1.807) is 13.0 Å². The molecular weight excluding hydrogens is 328 g/mol. The summed E-state index contributed by atoms with van der Waals surface area (Å²) in [5.41, 5.74) is 5.57. The van der Waals surface area contributed by atoms with Crippen molar-refractivity contribution in [2.24, 2.45) is 11.1 Å². The van der Waals surface area contributed by atoms with E-state index in [9.17, 15) is 9.59 Å². The van der Waals surface area contributed by atoms with Gasteiger partial charge in [0.25, 0.3) is 0 Å². The number of carbonyl (C=O) groups excluding carboxylic acids is 1. The van der Waals surface area contributed by atoms with Crippen LogP contribution in [-0.2, 0) is 9.53 Å². The third-order valence-electron chi connectivity index (χ3n) is 3.50. The molecule has 0 spiro atoms. The summed E-state index contributed by atoms with van der Waals surface area (Å²) in [5, 5.41) is 11.7. The summed E-state index contributed by atoms with van der Waals surface area (Å²) in [7, 11) is 0. The summed E-state index contributed by atoms with van der Waals surface area (Å²) in [6.45, 7) is 2.31. The third-order valence-corrected chi connectivity index (χ3v) is 4.19. The number of hydrogen-bond acceptors (Lipinski definition) is 4. The van der Waals surface area contributed by atoms with Gasteiger partial charge in [-0.05, 0) is 41.1 Å². The molecule has 7 heteroatoms. The van der Waals surface area contributed by atoms with E-state index in [0.717, 1.165) is 0 Å². The van der Waals surface area contributed by atoms with Crippen LogP contribution in [0.5, 0.6) is 0 Å². The van der Waals surface area contributed by atoms with Gasteiger partial charge >= 0.3 is 5.97 Å². The SMILES string of the molecule is CC1(C(=O)Nc2cc(C(=O)O)ccc2Br)COCC1N. The van der Waals surface area contributed by atoms with Crippen LogP contribution in [0.15, 0.2) is 22.7 Å². The Kier molecular flexibility index (Phi) is 4.12. The fourth-order valence-corrected chi connectivity index (χ4v) is 2.29. The minimum absolute atomic E-state index is 0.0978. The second-order valence-electron chi connectivity index (χ2n) is 4.99. The van der Waals surface area contributed by atoms with E-state index < -0.39 is 11.4 Å². The van der Waals surface area contributed by atoms with Crippen molar-refractivity contribution < 1.29 is 19.4 Å². The van der Waals surface area contributed by atoms with Gasteiger partial charge in [-0.2, -0.15) is 0 Å². The first-order valence-corrected chi connectivity index (χ1v) is 6.81. The number of anilines is 1. The minimum atomic E-state index is -1.06. The lowest BCUT2D eigenvalue weighted by Crippen LogP contribution is -2.47. The van der Waals surface area contributed by atoms with Crippen molar-refractivity contribution in [1.82, 2.24) is 0 Å². The normalized spacial score (nSPS) is 25.4. The highest BCUT2D eigenvalue weighted by Gasteiger charge is 2.44. The lowest BCUT2D eigenvalue weighted by molar-refractivity contribution is -0.125. The highest BCUT2D eigenvalue weighted by atomic mass is 79.9. The summed E-state index contributed by atoms with van der Waals surface area (Å²) >= 11 is 3.28. The fraction of sp³-hybridized carbons (Fsp3) is 0.385. The molecule has 2 atom stereocenters. The highest BCUT2D eigenvalue weighted by Crippen LogP contribution is 2.31. The van der Waals surface area contributed by atoms with E-state index in [0.29, 0.717) is 16.8 Å². The van der Waals surface area contributed by atoms with Gasteiger partial charge in [0, 0.05) is 10.5 Å². The Balaban J connectivity index is 2.23. The number of halogens is 1. The molecule has 1 saturated heterocycles. The van der Waals surface area contributed by atoms with E-state index in [-0.39, 0.29) is 24.1 Å². The van der Waals surface area contributed by atoms with E-state index >= 15 is 0 Å². The molecule has 1 aliphatic heterocycles. The highest BCUT2D eigenvalue weighted by molar-refractivity contribution is 9.10. The van der Waals surface area contributed by atoms with Crippen LogP contribution < -0.4 is 11.1 Å². The topological polar surface area (TPSA) is 102 Å². The fourth-order valence-electron chi connectivity index (χ4n) is 1.94. The van der Waals surface area contributed by atoms with E-state index in [4.69, 9.17) is 15.6 Å². The maximum atomic E-state index is 12.3. The van der Waals surface area contributed by atoms with Gasteiger partial charge < -0.3 is 20.9 Å². The molecule has 2 unspecified atom stereocenters. The molecule has 1 fully saturated rings. The van der Waals surface area contributed by atoms with Crippen molar-refractivity contribution >= 4 is 33.5 Å². The molecule has 0 radical (unpaired) electrons. The molecule has 6 nitrogen and oxygen atoms in total. The average Bonchev–Trinajstić information content (AvgIpc) is 2.73. The molecule has 108 valence electrons. The van der Waals surface area contributed by atoms with Crippen molar-refractivity contribution in [3.63, 3.8) is 0 Å². The quantitative estimate of drug-likeness (QED) is 0.771. The van der Waals surface area contributed by atoms with E-state index in [1.165, 1.54) is 12.1 Å². The predicted molar refractivity (Wildman–Crippen MR) is 76.6 cm³/mol. The Morgan fingerprint density at radius 2 is 2.25 bits per heavy atom. The third kappa shape index (κ3) is 2.70. The zero-order valence-corrected chi connectivity index (χ0v) is 12.4. The second-order valence-corrected chi connectivity index (χ2v) is 5.85. The molecule has 4 N–H and O–H groups in total.